The molecular weight excluding hydrogens is 357 g/mol. The van der Waals surface area contributed by atoms with Gasteiger partial charge in [0, 0.05) is 29.6 Å². The van der Waals surface area contributed by atoms with Gasteiger partial charge in [0.15, 0.2) is 5.17 Å². The van der Waals surface area contributed by atoms with Gasteiger partial charge in [-0.3, -0.25) is 14.6 Å². The molecule has 1 N–H and O–H groups in total. The van der Waals surface area contributed by atoms with Crippen molar-refractivity contribution in [1.29, 1.82) is 0 Å². The molecule has 124 valence electrons. The van der Waals surface area contributed by atoms with Gasteiger partial charge in [-0.2, -0.15) is 0 Å². The molecule has 1 atom stereocenters. The van der Waals surface area contributed by atoms with E-state index in [0.717, 1.165) is 4.90 Å². The summed E-state index contributed by atoms with van der Waals surface area (Å²) in [5, 5.41) is 4.04. The number of carbonyl (C=O) groups excluding carboxylic acids is 2. The van der Waals surface area contributed by atoms with Crippen molar-refractivity contribution in [2.75, 3.05) is 18.0 Å². The fourth-order valence-corrected chi connectivity index (χ4v) is 3.85. The summed E-state index contributed by atoms with van der Waals surface area (Å²) < 4.78 is 0. The number of thioether (sulfide) groups is 1. The monoisotopic (exact) mass is 373 g/mol. The Kier molecular flexibility index (Phi) is 6.33. The van der Waals surface area contributed by atoms with Crippen molar-refractivity contribution in [2.45, 2.75) is 25.5 Å². The highest BCUT2D eigenvalue weighted by molar-refractivity contribution is 8.15. The molecule has 8 heteroatoms. The molecule has 5 nitrogen and oxygen atoms in total. The molecule has 2 amide bonds. The van der Waals surface area contributed by atoms with E-state index in [9.17, 15) is 9.59 Å². The molecule has 1 aromatic carbocycles. The molecule has 1 aliphatic heterocycles. The topological polar surface area (TPSA) is 61.8 Å². The number of aliphatic imine (C=N–C) groups is 1. The molecule has 0 radical (unpaired) electrons. The first-order chi connectivity index (χ1) is 11.0. The van der Waals surface area contributed by atoms with Gasteiger partial charge < -0.3 is 5.32 Å². The number of rotatable bonds is 4. The first-order valence-corrected chi connectivity index (χ1v) is 8.87. The molecule has 0 unspecified atom stereocenters. The molecule has 0 aliphatic carbocycles. The van der Waals surface area contributed by atoms with Crippen molar-refractivity contribution in [3.05, 3.63) is 28.2 Å². The van der Waals surface area contributed by atoms with Crippen LogP contribution in [-0.2, 0) is 9.59 Å². The Morgan fingerprint density at radius 3 is 2.52 bits per heavy atom. The smallest absolute Gasteiger partial charge is 0.247 e. The predicted octanol–water partition coefficient (Wildman–Crippen LogP) is 3.34. The minimum Gasteiger partial charge on any atom is -0.365 e. The first-order valence-electron chi connectivity index (χ1n) is 7.24. The highest BCUT2D eigenvalue weighted by atomic mass is 35.5. The minimum absolute atomic E-state index is 0.127. The fourth-order valence-electron chi connectivity index (χ4n) is 2.20. The predicted molar refractivity (Wildman–Crippen MR) is 96.6 cm³/mol. The Morgan fingerprint density at radius 2 is 1.96 bits per heavy atom. The summed E-state index contributed by atoms with van der Waals surface area (Å²) in [5.74, 6) is -0.543. The zero-order valence-corrected chi connectivity index (χ0v) is 15.1. The number of carbonyl (C=O) groups is 2. The van der Waals surface area contributed by atoms with E-state index < -0.39 is 5.25 Å². The molecule has 2 rings (SSSR count). The average molecular weight is 374 g/mol. The molecule has 0 aromatic heterocycles. The van der Waals surface area contributed by atoms with Gasteiger partial charge in [0.2, 0.25) is 11.8 Å². The summed E-state index contributed by atoms with van der Waals surface area (Å²) in [7, 11) is 0. The number of hydrogen-bond acceptors (Lipinski definition) is 4. The maximum absolute atomic E-state index is 12.6. The van der Waals surface area contributed by atoms with Gasteiger partial charge in [0.1, 0.15) is 5.25 Å². The molecule has 1 aromatic rings. The van der Waals surface area contributed by atoms with Crippen molar-refractivity contribution in [1.82, 2.24) is 5.32 Å². The summed E-state index contributed by atoms with van der Waals surface area (Å²) in [6.07, 6.45) is 0.127. The Morgan fingerprint density at radius 1 is 1.30 bits per heavy atom. The Labute approximate surface area is 149 Å². The van der Waals surface area contributed by atoms with Crippen molar-refractivity contribution >= 4 is 57.6 Å². The lowest BCUT2D eigenvalue weighted by atomic mass is 10.3. The van der Waals surface area contributed by atoms with Crippen molar-refractivity contribution < 1.29 is 9.59 Å². The van der Waals surface area contributed by atoms with Crippen LogP contribution in [0.3, 0.4) is 0 Å². The summed E-state index contributed by atoms with van der Waals surface area (Å²) in [5.41, 5.74) is 0.401. The lowest BCUT2D eigenvalue weighted by Gasteiger charge is -2.16. The quantitative estimate of drug-likeness (QED) is 0.499. The Hall–Kier alpha value is -1.24. The first kappa shape index (κ1) is 18.1. The van der Waals surface area contributed by atoms with Crippen molar-refractivity contribution in [3.8, 4) is 0 Å². The van der Waals surface area contributed by atoms with Crippen LogP contribution in [0, 0.1) is 0 Å². The third-order valence-electron chi connectivity index (χ3n) is 3.09. The second kappa shape index (κ2) is 8.04. The lowest BCUT2D eigenvalue weighted by Crippen LogP contribution is -2.32. The van der Waals surface area contributed by atoms with Crippen molar-refractivity contribution in [3.63, 3.8) is 0 Å². The van der Waals surface area contributed by atoms with Gasteiger partial charge >= 0.3 is 0 Å². The molecule has 23 heavy (non-hydrogen) atoms. The molecule has 1 saturated heterocycles. The largest absolute Gasteiger partial charge is 0.365 e. The van der Waals surface area contributed by atoms with E-state index in [1.807, 2.05) is 13.8 Å². The second-order valence-corrected chi connectivity index (χ2v) is 6.88. The molecule has 0 bridgehead atoms. The zero-order valence-electron chi connectivity index (χ0n) is 12.8. The van der Waals surface area contributed by atoms with Crippen LogP contribution in [0.5, 0.6) is 0 Å². The number of nitrogens with one attached hydrogen (secondary N) is 1. The van der Waals surface area contributed by atoms with Crippen LogP contribution in [0.2, 0.25) is 10.0 Å². The maximum Gasteiger partial charge on any atom is 0.247 e. The highest BCUT2D eigenvalue weighted by Crippen LogP contribution is 2.33. The van der Waals surface area contributed by atoms with Crippen LogP contribution in [0.4, 0.5) is 5.69 Å². The number of amidine groups is 1. The standard InChI is InChI=1S/C15H17Cl2N3O2S/c1-3-18-15(19-4-2)23-12-8-13(21)20(14(12)22)11-6-9(16)5-10(17)7-11/h5-7,12H,3-4,8H2,1-2H3,(H,18,19)/t12-/m1/s1. The molecule has 1 heterocycles. The maximum atomic E-state index is 12.6. The zero-order chi connectivity index (χ0) is 17.0. The number of nitrogens with zero attached hydrogens (tertiary/aromatic N) is 2. The van der Waals surface area contributed by atoms with E-state index in [4.69, 9.17) is 23.2 Å². The van der Waals surface area contributed by atoms with E-state index in [1.54, 1.807) is 18.2 Å². The van der Waals surface area contributed by atoms with Crippen LogP contribution in [-0.4, -0.2) is 35.3 Å². The van der Waals surface area contributed by atoms with Crippen LogP contribution in [0.1, 0.15) is 20.3 Å². The van der Waals surface area contributed by atoms with Gasteiger partial charge in [-0.05, 0) is 32.0 Å². The van der Waals surface area contributed by atoms with Crippen molar-refractivity contribution in [2.24, 2.45) is 4.99 Å². The normalized spacial score (nSPS) is 18.7. The number of anilines is 1. The highest BCUT2D eigenvalue weighted by Gasteiger charge is 2.40. The number of imide groups is 1. The van der Waals surface area contributed by atoms with E-state index in [2.05, 4.69) is 10.3 Å². The van der Waals surface area contributed by atoms with E-state index in [-0.39, 0.29) is 18.2 Å². The van der Waals surface area contributed by atoms with Gasteiger partial charge in [-0.15, -0.1) is 0 Å². The Balaban J connectivity index is 2.21. The summed E-state index contributed by atoms with van der Waals surface area (Å²) >= 11 is 13.2. The summed E-state index contributed by atoms with van der Waals surface area (Å²) in [4.78, 5) is 30.3. The van der Waals surface area contributed by atoms with Gasteiger partial charge in [0.25, 0.3) is 0 Å². The van der Waals surface area contributed by atoms with Crippen LogP contribution >= 0.6 is 35.0 Å². The second-order valence-electron chi connectivity index (χ2n) is 4.82. The van der Waals surface area contributed by atoms with Crippen LogP contribution in [0.15, 0.2) is 23.2 Å². The van der Waals surface area contributed by atoms with Crippen LogP contribution < -0.4 is 10.2 Å². The third kappa shape index (κ3) is 4.40. The lowest BCUT2D eigenvalue weighted by molar-refractivity contribution is -0.121. The van der Waals surface area contributed by atoms with Crippen LogP contribution in [0.25, 0.3) is 0 Å². The Bertz CT molecular complexity index is 631. The molecular formula is C15H17Cl2N3O2S. The van der Waals surface area contributed by atoms with E-state index in [1.165, 1.54) is 11.8 Å². The number of amides is 2. The number of benzene rings is 1. The molecule has 1 fully saturated rings. The average Bonchev–Trinajstić information content (AvgIpc) is 2.73. The molecule has 1 aliphatic rings. The molecule has 0 spiro atoms. The van der Waals surface area contributed by atoms with E-state index in [0.29, 0.717) is 34.0 Å². The summed E-state index contributed by atoms with van der Waals surface area (Å²) in [6.45, 7) is 5.18. The van der Waals surface area contributed by atoms with Gasteiger partial charge in [-0.25, -0.2) is 4.90 Å². The minimum atomic E-state index is -0.496. The molecule has 0 saturated carbocycles. The van der Waals surface area contributed by atoms with E-state index >= 15 is 0 Å². The van der Waals surface area contributed by atoms with Gasteiger partial charge in [0.05, 0.1) is 5.69 Å². The number of hydrogen-bond donors (Lipinski definition) is 1. The number of halogens is 2. The van der Waals surface area contributed by atoms with Gasteiger partial charge in [-0.1, -0.05) is 35.0 Å². The fraction of sp³-hybridized carbons (Fsp3) is 0.400. The SMILES string of the molecule is CCN=C(NCC)S[C@@H]1CC(=O)N(c2cc(Cl)cc(Cl)c2)C1=O. The third-order valence-corrected chi connectivity index (χ3v) is 4.68. The summed E-state index contributed by atoms with van der Waals surface area (Å²) in [6, 6.07) is 4.67.